The highest BCUT2D eigenvalue weighted by atomic mass is 35.5. The van der Waals surface area contributed by atoms with E-state index >= 15 is 0 Å². The number of hydrogen-bond donors (Lipinski definition) is 0. The summed E-state index contributed by atoms with van der Waals surface area (Å²) in [5.74, 6) is -0.683. The van der Waals surface area contributed by atoms with Gasteiger partial charge in [0.15, 0.2) is 5.78 Å². The van der Waals surface area contributed by atoms with Crippen molar-refractivity contribution in [1.82, 2.24) is 9.59 Å². The molecule has 0 saturated heterocycles. The molecule has 2 aromatic rings. The van der Waals surface area contributed by atoms with Crippen molar-refractivity contribution in [3.8, 4) is 0 Å². The normalized spacial score (nSPS) is 11.7. The molecule has 6 heteroatoms. The third kappa shape index (κ3) is 3.04. The number of ketones is 1. The molecule has 0 saturated carbocycles. The lowest BCUT2D eigenvalue weighted by atomic mass is 9.90. The van der Waals surface area contributed by atoms with Crippen LogP contribution in [0.1, 0.15) is 41.7 Å². The topological polar surface area (TPSA) is 42.9 Å². The lowest BCUT2D eigenvalue weighted by Gasteiger charge is -2.16. The Hall–Kier alpha value is -1.33. The quantitative estimate of drug-likeness (QED) is 0.803. The van der Waals surface area contributed by atoms with Crippen molar-refractivity contribution in [2.75, 3.05) is 0 Å². The standard InChI is InChI=1S/C14H14ClFN2OS/c1-14(2,3)13-12(20-18-17-13)11(19)7-8-9(15)5-4-6-10(8)16/h4-6H,7H2,1-3H3. The lowest BCUT2D eigenvalue weighted by molar-refractivity contribution is 0.0993. The first-order valence-corrected chi connectivity index (χ1v) is 7.24. The molecule has 0 radical (unpaired) electrons. The van der Waals surface area contributed by atoms with Crippen LogP contribution in [0.4, 0.5) is 4.39 Å². The number of Topliss-reactive ketones (excluding diaryl/α,β-unsaturated/α-hetero) is 1. The molecule has 0 spiro atoms. The van der Waals surface area contributed by atoms with E-state index in [0.29, 0.717) is 10.6 Å². The number of benzene rings is 1. The van der Waals surface area contributed by atoms with Crippen molar-refractivity contribution in [2.45, 2.75) is 32.6 Å². The van der Waals surface area contributed by atoms with Crippen LogP contribution in [-0.2, 0) is 11.8 Å². The summed E-state index contributed by atoms with van der Waals surface area (Å²) in [4.78, 5) is 12.8. The highest BCUT2D eigenvalue weighted by Crippen LogP contribution is 2.28. The summed E-state index contributed by atoms with van der Waals surface area (Å²) in [6.45, 7) is 5.86. The van der Waals surface area contributed by atoms with Gasteiger partial charge in [0, 0.05) is 22.4 Å². The Bertz CT molecular complexity index is 629. The summed E-state index contributed by atoms with van der Waals surface area (Å²) >= 11 is 6.98. The van der Waals surface area contributed by atoms with E-state index in [1.54, 1.807) is 6.07 Å². The minimum atomic E-state index is -0.472. The molecule has 0 atom stereocenters. The monoisotopic (exact) mass is 312 g/mol. The van der Waals surface area contributed by atoms with Crippen LogP contribution in [0.3, 0.4) is 0 Å². The highest BCUT2D eigenvalue weighted by Gasteiger charge is 2.27. The van der Waals surface area contributed by atoms with Gasteiger partial charge in [0.05, 0.1) is 5.69 Å². The van der Waals surface area contributed by atoms with Gasteiger partial charge in [0.1, 0.15) is 10.7 Å². The maximum atomic E-state index is 13.7. The van der Waals surface area contributed by atoms with Gasteiger partial charge in [-0.2, -0.15) is 0 Å². The fourth-order valence-corrected chi connectivity index (χ4v) is 2.85. The Morgan fingerprint density at radius 3 is 2.70 bits per heavy atom. The molecular formula is C14H14ClFN2OS. The fourth-order valence-electron chi connectivity index (χ4n) is 1.81. The first-order chi connectivity index (χ1) is 9.30. The summed E-state index contributed by atoms with van der Waals surface area (Å²) < 4.78 is 17.6. The average molecular weight is 313 g/mol. The zero-order valence-corrected chi connectivity index (χ0v) is 13.0. The lowest BCUT2D eigenvalue weighted by Crippen LogP contribution is -2.17. The molecule has 0 bridgehead atoms. The Morgan fingerprint density at radius 2 is 2.10 bits per heavy atom. The van der Waals surface area contributed by atoms with Gasteiger partial charge in [0.2, 0.25) is 0 Å². The van der Waals surface area contributed by atoms with Crippen LogP contribution in [0, 0.1) is 5.82 Å². The molecule has 0 fully saturated rings. The Labute approximate surface area is 125 Å². The first kappa shape index (κ1) is 15.1. The van der Waals surface area contributed by atoms with Crippen LogP contribution in [-0.4, -0.2) is 15.4 Å². The minimum absolute atomic E-state index is 0.0849. The number of rotatable bonds is 3. The van der Waals surface area contributed by atoms with Crippen LogP contribution in [0.5, 0.6) is 0 Å². The van der Waals surface area contributed by atoms with E-state index in [4.69, 9.17) is 11.6 Å². The summed E-state index contributed by atoms with van der Waals surface area (Å²) in [6.07, 6.45) is -0.0849. The van der Waals surface area contributed by atoms with Gasteiger partial charge in [0.25, 0.3) is 0 Å². The summed E-state index contributed by atoms with van der Waals surface area (Å²) in [5, 5.41) is 4.27. The van der Waals surface area contributed by atoms with Crippen molar-refractivity contribution in [3.05, 3.63) is 45.2 Å². The van der Waals surface area contributed by atoms with E-state index in [-0.39, 0.29) is 28.2 Å². The fraction of sp³-hybridized carbons (Fsp3) is 0.357. The molecule has 1 aromatic carbocycles. The molecule has 0 amide bonds. The second kappa shape index (κ2) is 5.58. The molecule has 0 N–H and O–H groups in total. The molecule has 106 valence electrons. The van der Waals surface area contributed by atoms with Crippen LogP contribution < -0.4 is 0 Å². The third-order valence-electron chi connectivity index (χ3n) is 2.85. The number of nitrogens with zero attached hydrogens (tertiary/aromatic N) is 2. The Balaban J connectivity index is 2.32. The molecule has 20 heavy (non-hydrogen) atoms. The van der Waals surface area contributed by atoms with E-state index in [2.05, 4.69) is 9.59 Å². The van der Waals surface area contributed by atoms with Crippen molar-refractivity contribution in [2.24, 2.45) is 0 Å². The second-order valence-corrected chi connectivity index (χ2v) is 6.66. The third-order valence-corrected chi connectivity index (χ3v) is 3.97. The maximum absolute atomic E-state index is 13.7. The number of halogens is 2. The van der Waals surface area contributed by atoms with E-state index in [0.717, 1.165) is 11.5 Å². The maximum Gasteiger partial charge on any atom is 0.180 e. The molecular weight excluding hydrogens is 299 g/mol. The molecule has 2 rings (SSSR count). The van der Waals surface area contributed by atoms with Crippen molar-refractivity contribution in [3.63, 3.8) is 0 Å². The van der Waals surface area contributed by atoms with E-state index in [1.165, 1.54) is 12.1 Å². The second-order valence-electron chi connectivity index (χ2n) is 5.50. The van der Waals surface area contributed by atoms with Gasteiger partial charge >= 0.3 is 0 Å². The molecule has 1 aromatic heterocycles. The first-order valence-electron chi connectivity index (χ1n) is 6.09. The highest BCUT2D eigenvalue weighted by molar-refractivity contribution is 7.08. The van der Waals surface area contributed by atoms with Gasteiger partial charge in [-0.05, 0) is 23.7 Å². The van der Waals surface area contributed by atoms with Gasteiger partial charge < -0.3 is 0 Å². The predicted molar refractivity (Wildman–Crippen MR) is 78.1 cm³/mol. The van der Waals surface area contributed by atoms with Crippen molar-refractivity contribution < 1.29 is 9.18 Å². The van der Waals surface area contributed by atoms with Gasteiger partial charge in [-0.25, -0.2) is 4.39 Å². The van der Waals surface area contributed by atoms with Crippen LogP contribution in [0.15, 0.2) is 18.2 Å². The summed E-state index contributed by atoms with van der Waals surface area (Å²) in [6, 6.07) is 4.38. The summed E-state index contributed by atoms with van der Waals surface area (Å²) in [5.41, 5.74) is 0.573. The van der Waals surface area contributed by atoms with Crippen molar-refractivity contribution in [1.29, 1.82) is 0 Å². The van der Waals surface area contributed by atoms with Crippen LogP contribution in [0.25, 0.3) is 0 Å². The van der Waals surface area contributed by atoms with E-state index in [9.17, 15) is 9.18 Å². The van der Waals surface area contributed by atoms with Gasteiger partial charge in [-0.3, -0.25) is 4.79 Å². The number of aromatic nitrogens is 2. The smallest absolute Gasteiger partial charge is 0.180 e. The van der Waals surface area contributed by atoms with Crippen molar-refractivity contribution >= 4 is 28.9 Å². The zero-order chi connectivity index (χ0) is 14.9. The van der Waals surface area contributed by atoms with Crippen LogP contribution >= 0.6 is 23.1 Å². The van der Waals surface area contributed by atoms with Gasteiger partial charge in [-0.15, -0.1) is 5.10 Å². The largest absolute Gasteiger partial charge is 0.293 e. The summed E-state index contributed by atoms with van der Waals surface area (Å²) in [7, 11) is 0. The molecule has 0 aliphatic heterocycles. The van der Waals surface area contributed by atoms with Gasteiger partial charge in [-0.1, -0.05) is 42.9 Å². The molecule has 3 nitrogen and oxygen atoms in total. The minimum Gasteiger partial charge on any atom is -0.293 e. The Kier molecular flexibility index (Phi) is 4.20. The molecule has 0 aliphatic rings. The number of hydrogen-bond acceptors (Lipinski definition) is 4. The average Bonchev–Trinajstić information content (AvgIpc) is 2.82. The predicted octanol–water partition coefficient (Wildman–Crippen LogP) is 4.05. The molecule has 1 heterocycles. The Morgan fingerprint density at radius 1 is 1.40 bits per heavy atom. The SMILES string of the molecule is CC(C)(C)c1nnsc1C(=O)Cc1c(F)cccc1Cl. The van der Waals surface area contributed by atoms with E-state index < -0.39 is 5.82 Å². The van der Waals surface area contributed by atoms with E-state index in [1.807, 2.05) is 20.8 Å². The number of carbonyl (C=O) groups excluding carboxylic acids is 1. The van der Waals surface area contributed by atoms with Crippen LogP contribution in [0.2, 0.25) is 5.02 Å². The molecule has 0 aliphatic carbocycles. The molecule has 0 unspecified atom stereocenters. The number of carbonyl (C=O) groups is 1. The zero-order valence-electron chi connectivity index (χ0n) is 11.4.